The highest BCUT2D eigenvalue weighted by atomic mass is 16.5. The number of nitrogens with one attached hydrogen (secondary N) is 1. The number of rotatable bonds is 3. The van der Waals surface area contributed by atoms with Gasteiger partial charge in [-0.1, -0.05) is 5.16 Å². The molecule has 0 atom stereocenters. The Morgan fingerprint density at radius 1 is 1.54 bits per heavy atom. The van der Waals surface area contributed by atoms with Crippen LogP contribution in [0.4, 0.5) is 0 Å². The van der Waals surface area contributed by atoms with Crippen LogP contribution in [0.25, 0.3) is 0 Å². The van der Waals surface area contributed by atoms with E-state index >= 15 is 0 Å². The van der Waals surface area contributed by atoms with Crippen LogP contribution in [0.1, 0.15) is 38.1 Å². The molecule has 0 aromatic carbocycles. The van der Waals surface area contributed by atoms with E-state index in [1.807, 2.05) is 13.0 Å². The molecule has 0 radical (unpaired) electrons. The molecule has 0 unspecified atom stereocenters. The molecule has 0 aliphatic heterocycles. The molecule has 3 heteroatoms. The third-order valence-electron chi connectivity index (χ3n) is 2.43. The summed E-state index contributed by atoms with van der Waals surface area (Å²) in [6, 6.07) is 2.53. The third kappa shape index (κ3) is 1.61. The average molecular weight is 180 g/mol. The molecular weight excluding hydrogens is 164 g/mol. The third-order valence-corrected chi connectivity index (χ3v) is 2.43. The molecule has 0 spiro atoms. The van der Waals surface area contributed by atoms with Gasteiger partial charge in [-0.2, -0.15) is 0 Å². The summed E-state index contributed by atoms with van der Waals surface area (Å²) in [5.74, 6) is 0.895. The summed E-state index contributed by atoms with van der Waals surface area (Å²) in [6.45, 7) is 6.25. The fourth-order valence-corrected chi connectivity index (χ4v) is 1.74. The molecule has 0 amide bonds. The van der Waals surface area contributed by atoms with Crippen molar-refractivity contribution in [2.24, 2.45) is 0 Å². The molecule has 1 fully saturated rings. The predicted octanol–water partition coefficient (Wildman–Crippen LogP) is 1.97. The molecule has 1 aromatic rings. The quantitative estimate of drug-likeness (QED) is 0.772. The van der Waals surface area contributed by atoms with Crippen molar-refractivity contribution in [2.45, 2.75) is 45.2 Å². The Bertz CT molecular complexity index is 300. The zero-order valence-corrected chi connectivity index (χ0v) is 8.42. The van der Waals surface area contributed by atoms with Crippen LogP contribution >= 0.6 is 0 Å². The maximum absolute atomic E-state index is 5.08. The van der Waals surface area contributed by atoms with Gasteiger partial charge in [0.25, 0.3) is 0 Å². The summed E-state index contributed by atoms with van der Waals surface area (Å²) in [6.07, 6.45) is 2.36. The van der Waals surface area contributed by atoms with Gasteiger partial charge >= 0.3 is 0 Å². The molecule has 1 aliphatic carbocycles. The molecule has 72 valence electrons. The SMILES string of the molecule is Cc1cc(C2(NC(C)C)CC2)no1. The highest BCUT2D eigenvalue weighted by Gasteiger charge is 2.46. The van der Waals surface area contributed by atoms with Gasteiger partial charge in [0.05, 0.1) is 5.54 Å². The van der Waals surface area contributed by atoms with Gasteiger partial charge in [-0.25, -0.2) is 0 Å². The van der Waals surface area contributed by atoms with E-state index in [0.29, 0.717) is 6.04 Å². The Hall–Kier alpha value is -0.830. The summed E-state index contributed by atoms with van der Waals surface area (Å²) < 4.78 is 5.08. The summed E-state index contributed by atoms with van der Waals surface area (Å²) >= 11 is 0. The molecule has 0 bridgehead atoms. The standard InChI is InChI=1S/C10H16N2O/c1-7(2)11-10(4-5-10)9-6-8(3)13-12-9/h6-7,11H,4-5H2,1-3H3. The molecule has 2 rings (SSSR count). The van der Waals surface area contributed by atoms with E-state index in [4.69, 9.17) is 4.52 Å². The molecule has 1 heterocycles. The lowest BCUT2D eigenvalue weighted by Gasteiger charge is -2.17. The van der Waals surface area contributed by atoms with Crippen LogP contribution < -0.4 is 5.32 Å². The Morgan fingerprint density at radius 2 is 2.23 bits per heavy atom. The molecule has 1 aromatic heterocycles. The van der Waals surface area contributed by atoms with Gasteiger partial charge in [-0.3, -0.25) is 0 Å². The Morgan fingerprint density at radius 3 is 2.62 bits per heavy atom. The van der Waals surface area contributed by atoms with E-state index in [9.17, 15) is 0 Å². The van der Waals surface area contributed by atoms with Gasteiger partial charge in [0, 0.05) is 12.1 Å². The lowest BCUT2D eigenvalue weighted by atomic mass is 10.1. The monoisotopic (exact) mass is 180 g/mol. The first kappa shape index (κ1) is 8.75. The smallest absolute Gasteiger partial charge is 0.134 e. The summed E-state index contributed by atoms with van der Waals surface area (Å²) in [5, 5.41) is 7.60. The van der Waals surface area contributed by atoms with Crippen molar-refractivity contribution in [2.75, 3.05) is 0 Å². The molecule has 13 heavy (non-hydrogen) atoms. The lowest BCUT2D eigenvalue weighted by Crippen LogP contribution is -2.34. The Labute approximate surface area is 78.5 Å². The summed E-state index contributed by atoms with van der Waals surface area (Å²) in [5.41, 5.74) is 1.20. The number of hydrogen-bond acceptors (Lipinski definition) is 3. The van der Waals surface area contributed by atoms with Gasteiger partial charge in [-0.05, 0) is 33.6 Å². The van der Waals surface area contributed by atoms with Crippen LogP contribution in [0.15, 0.2) is 10.6 Å². The molecule has 3 nitrogen and oxygen atoms in total. The summed E-state index contributed by atoms with van der Waals surface area (Å²) in [4.78, 5) is 0. The minimum absolute atomic E-state index is 0.131. The van der Waals surface area contributed by atoms with Gasteiger partial charge in [0.1, 0.15) is 11.5 Å². The highest BCUT2D eigenvalue weighted by Crippen LogP contribution is 2.45. The lowest BCUT2D eigenvalue weighted by molar-refractivity contribution is 0.366. The van der Waals surface area contributed by atoms with Crippen LogP contribution in [0.3, 0.4) is 0 Å². The van der Waals surface area contributed by atoms with Crippen molar-refractivity contribution in [3.63, 3.8) is 0 Å². The zero-order chi connectivity index (χ0) is 9.47. The van der Waals surface area contributed by atoms with Crippen molar-refractivity contribution in [3.05, 3.63) is 17.5 Å². The number of aromatic nitrogens is 1. The second-order valence-corrected chi connectivity index (χ2v) is 4.20. The fourth-order valence-electron chi connectivity index (χ4n) is 1.74. The maximum atomic E-state index is 5.08. The van der Waals surface area contributed by atoms with Crippen molar-refractivity contribution in [1.82, 2.24) is 10.5 Å². The molecule has 1 aliphatic rings. The van der Waals surface area contributed by atoms with Crippen LogP contribution in [-0.2, 0) is 5.54 Å². The van der Waals surface area contributed by atoms with Crippen LogP contribution in [0.5, 0.6) is 0 Å². The van der Waals surface area contributed by atoms with E-state index in [2.05, 4.69) is 24.3 Å². The number of aryl methyl sites for hydroxylation is 1. The maximum Gasteiger partial charge on any atom is 0.134 e. The first-order chi connectivity index (χ1) is 6.12. The zero-order valence-electron chi connectivity index (χ0n) is 8.42. The summed E-state index contributed by atoms with van der Waals surface area (Å²) in [7, 11) is 0. The Balaban J connectivity index is 2.16. The molecular formula is C10H16N2O. The van der Waals surface area contributed by atoms with Crippen molar-refractivity contribution in [1.29, 1.82) is 0 Å². The number of nitrogens with zero attached hydrogens (tertiary/aromatic N) is 1. The minimum Gasteiger partial charge on any atom is -0.361 e. The van der Waals surface area contributed by atoms with Gasteiger partial charge in [0.15, 0.2) is 0 Å². The van der Waals surface area contributed by atoms with Crippen LogP contribution in [0, 0.1) is 6.92 Å². The van der Waals surface area contributed by atoms with E-state index in [-0.39, 0.29) is 5.54 Å². The van der Waals surface area contributed by atoms with E-state index in [1.165, 1.54) is 12.8 Å². The topological polar surface area (TPSA) is 38.1 Å². The average Bonchev–Trinajstić information content (AvgIpc) is 2.65. The van der Waals surface area contributed by atoms with E-state index in [0.717, 1.165) is 11.5 Å². The van der Waals surface area contributed by atoms with Crippen molar-refractivity contribution >= 4 is 0 Å². The van der Waals surface area contributed by atoms with Crippen LogP contribution in [0.2, 0.25) is 0 Å². The van der Waals surface area contributed by atoms with Gasteiger partial charge in [-0.15, -0.1) is 0 Å². The Kier molecular flexibility index (Phi) is 1.91. The van der Waals surface area contributed by atoms with Crippen molar-refractivity contribution in [3.8, 4) is 0 Å². The van der Waals surface area contributed by atoms with Crippen molar-refractivity contribution < 1.29 is 4.52 Å². The van der Waals surface area contributed by atoms with Crippen LogP contribution in [-0.4, -0.2) is 11.2 Å². The molecule has 1 N–H and O–H groups in total. The predicted molar refractivity (Wildman–Crippen MR) is 50.4 cm³/mol. The fraction of sp³-hybridized carbons (Fsp3) is 0.700. The largest absolute Gasteiger partial charge is 0.361 e. The van der Waals surface area contributed by atoms with Gasteiger partial charge in [0.2, 0.25) is 0 Å². The number of hydrogen-bond donors (Lipinski definition) is 1. The first-order valence-corrected chi connectivity index (χ1v) is 4.84. The second kappa shape index (κ2) is 2.84. The normalized spacial score (nSPS) is 19.4. The minimum atomic E-state index is 0.131. The molecule has 0 saturated heterocycles. The highest BCUT2D eigenvalue weighted by molar-refractivity contribution is 5.23. The first-order valence-electron chi connectivity index (χ1n) is 4.84. The molecule has 1 saturated carbocycles. The van der Waals surface area contributed by atoms with E-state index < -0.39 is 0 Å². The van der Waals surface area contributed by atoms with E-state index in [1.54, 1.807) is 0 Å². The second-order valence-electron chi connectivity index (χ2n) is 4.20. The van der Waals surface area contributed by atoms with Gasteiger partial charge < -0.3 is 9.84 Å².